The summed E-state index contributed by atoms with van der Waals surface area (Å²) in [5, 5.41) is 11.1. The molecule has 0 saturated carbocycles. The lowest BCUT2D eigenvalue weighted by Crippen LogP contribution is -2.22. The van der Waals surface area contributed by atoms with E-state index in [-0.39, 0.29) is 6.04 Å². The topological polar surface area (TPSA) is 34.1 Å². The van der Waals surface area contributed by atoms with Crippen LogP contribution in [-0.4, -0.2) is 12.1 Å². The van der Waals surface area contributed by atoms with Gasteiger partial charge < -0.3 is 10.1 Å². The molecule has 5 heteroatoms. The van der Waals surface area contributed by atoms with Crippen molar-refractivity contribution in [2.75, 3.05) is 7.11 Å². The Hall–Kier alpha value is -1.69. The highest BCUT2D eigenvalue weighted by Gasteiger charge is 2.15. The molecule has 0 spiro atoms. The number of hydrogen-bond acceptors (Lipinski definition) is 5. The first-order chi connectivity index (χ1) is 10.8. The molecule has 0 radical (unpaired) electrons. The molecular weight excluding hydrogens is 312 g/mol. The number of methoxy groups -OCH3 is 1. The smallest absolute Gasteiger partial charge is 0.119 e. The molecule has 3 rings (SSSR count). The Morgan fingerprint density at radius 3 is 2.91 bits per heavy atom. The number of rotatable bonds is 7. The standard InChI is InChI=1S/C17H18N2OS2/c1-20-15-4-2-3-13(9-15)11-19-16(17-18-6-8-22-17)10-14-5-7-21-12-14/h2-9,12,16,19H,10-11H2,1H3. The van der Waals surface area contributed by atoms with Crippen molar-refractivity contribution in [1.29, 1.82) is 0 Å². The Morgan fingerprint density at radius 1 is 1.23 bits per heavy atom. The van der Waals surface area contributed by atoms with E-state index in [0.717, 1.165) is 23.7 Å². The maximum atomic E-state index is 5.28. The molecule has 22 heavy (non-hydrogen) atoms. The van der Waals surface area contributed by atoms with Gasteiger partial charge in [0, 0.05) is 18.1 Å². The summed E-state index contributed by atoms with van der Waals surface area (Å²) in [6.07, 6.45) is 2.83. The lowest BCUT2D eigenvalue weighted by molar-refractivity contribution is 0.413. The fourth-order valence-corrected chi connectivity index (χ4v) is 3.72. The van der Waals surface area contributed by atoms with Crippen LogP contribution >= 0.6 is 22.7 Å². The second-order valence-corrected chi connectivity index (χ2v) is 6.70. The molecule has 0 aliphatic rings. The minimum absolute atomic E-state index is 0.237. The maximum Gasteiger partial charge on any atom is 0.119 e. The molecule has 0 aliphatic heterocycles. The Balaban J connectivity index is 1.69. The van der Waals surface area contributed by atoms with E-state index in [1.54, 1.807) is 29.8 Å². The summed E-state index contributed by atoms with van der Waals surface area (Å²) >= 11 is 3.44. The Morgan fingerprint density at radius 2 is 2.18 bits per heavy atom. The fraction of sp³-hybridized carbons (Fsp3) is 0.235. The zero-order valence-electron chi connectivity index (χ0n) is 12.4. The molecule has 2 aromatic heterocycles. The monoisotopic (exact) mass is 330 g/mol. The molecule has 3 aromatic rings. The van der Waals surface area contributed by atoms with Gasteiger partial charge in [0.05, 0.1) is 13.2 Å². The third-order valence-electron chi connectivity index (χ3n) is 3.46. The second-order valence-electron chi connectivity index (χ2n) is 4.99. The molecular formula is C17H18N2OS2. The van der Waals surface area contributed by atoms with Crippen molar-refractivity contribution in [2.45, 2.75) is 19.0 Å². The van der Waals surface area contributed by atoms with Gasteiger partial charge in [0.15, 0.2) is 0 Å². The number of nitrogens with one attached hydrogen (secondary N) is 1. The summed E-state index contributed by atoms with van der Waals surface area (Å²) in [6.45, 7) is 0.797. The highest BCUT2D eigenvalue weighted by molar-refractivity contribution is 7.09. The van der Waals surface area contributed by atoms with Gasteiger partial charge in [-0.2, -0.15) is 11.3 Å². The molecule has 2 heterocycles. The third kappa shape index (κ3) is 3.94. The predicted octanol–water partition coefficient (Wildman–Crippen LogP) is 4.29. The van der Waals surface area contributed by atoms with Crippen LogP contribution in [0.4, 0.5) is 0 Å². The third-order valence-corrected chi connectivity index (χ3v) is 5.08. The van der Waals surface area contributed by atoms with E-state index in [1.807, 2.05) is 23.7 Å². The molecule has 1 unspecified atom stereocenters. The first-order valence-electron chi connectivity index (χ1n) is 7.12. The minimum atomic E-state index is 0.237. The van der Waals surface area contributed by atoms with Crippen molar-refractivity contribution < 1.29 is 4.74 Å². The van der Waals surface area contributed by atoms with Crippen LogP contribution in [0.3, 0.4) is 0 Å². The van der Waals surface area contributed by atoms with Crippen LogP contribution in [0.15, 0.2) is 52.7 Å². The SMILES string of the molecule is COc1cccc(CNC(Cc2ccsc2)c2nccs2)c1. The quantitative estimate of drug-likeness (QED) is 0.702. The van der Waals surface area contributed by atoms with Crippen LogP contribution in [0.5, 0.6) is 5.75 Å². The van der Waals surface area contributed by atoms with Gasteiger partial charge >= 0.3 is 0 Å². The fourth-order valence-electron chi connectivity index (χ4n) is 2.32. The van der Waals surface area contributed by atoms with Gasteiger partial charge in [0.1, 0.15) is 10.8 Å². The van der Waals surface area contributed by atoms with Gasteiger partial charge in [-0.1, -0.05) is 12.1 Å². The van der Waals surface area contributed by atoms with E-state index in [0.29, 0.717) is 0 Å². The van der Waals surface area contributed by atoms with Gasteiger partial charge in [-0.05, 0) is 46.5 Å². The number of thiazole rings is 1. The van der Waals surface area contributed by atoms with Crippen molar-refractivity contribution in [3.05, 3.63) is 68.8 Å². The summed E-state index contributed by atoms with van der Waals surface area (Å²) in [7, 11) is 1.70. The van der Waals surface area contributed by atoms with Crippen molar-refractivity contribution in [2.24, 2.45) is 0 Å². The molecule has 1 N–H and O–H groups in total. The summed E-state index contributed by atoms with van der Waals surface area (Å²) in [4.78, 5) is 4.48. The zero-order valence-corrected chi connectivity index (χ0v) is 14.0. The lowest BCUT2D eigenvalue weighted by Gasteiger charge is -2.16. The van der Waals surface area contributed by atoms with Gasteiger partial charge in [-0.15, -0.1) is 11.3 Å². The zero-order chi connectivity index (χ0) is 15.2. The summed E-state index contributed by atoms with van der Waals surface area (Å²) in [6, 6.07) is 10.6. The van der Waals surface area contributed by atoms with E-state index in [1.165, 1.54) is 11.1 Å². The maximum absolute atomic E-state index is 5.28. The predicted molar refractivity (Wildman–Crippen MR) is 92.7 cm³/mol. The minimum Gasteiger partial charge on any atom is -0.497 e. The second kappa shape index (κ2) is 7.54. The highest BCUT2D eigenvalue weighted by Crippen LogP contribution is 2.23. The number of ether oxygens (including phenoxy) is 1. The highest BCUT2D eigenvalue weighted by atomic mass is 32.1. The summed E-state index contributed by atoms with van der Waals surface area (Å²) < 4.78 is 5.28. The van der Waals surface area contributed by atoms with Crippen LogP contribution < -0.4 is 10.1 Å². The Kier molecular flexibility index (Phi) is 5.21. The van der Waals surface area contributed by atoms with Gasteiger partial charge in [-0.3, -0.25) is 0 Å². The first-order valence-corrected chi connectivity index (χ1v) is 8.94. The van der Waals surface area contributed by atoms with Crippen LogP contribution in [0, 0.1) is 0 Å². The Labute approximate surface area is 138 Å². The van der Waals surface area contributed by atoms with Crippen molar-refractivity contribution in [3.8, 4) is 5.75 Å². The lowest BCUT2D eigenvalue weighted by atomic mass is 10.1. The summed E-state index contributed by atoms with van der Waals surface area (Å²) in [5.41, 5.74) is 2.56. The molecule has 0 saturated heterocycles. The molecule has 114 valence electrons. The van der Waals surface area contributed by atoms with Crippen molar-refractivity contribution in [3.63, 3.8) is 0 Å². The molecule has 1 aromatic carbocycles. The Bertz CT molecular complexity index is 681. The van der Waals surface area contributed by atoms with Crippen molar-refractivity contribution >= 4 is 22.7 Å². The van der Waals surface area contributed by atoms with Crippen LogP contribution in [0.2, 0.25) is 0 Å². The molecule has 0 amide bonds. The van der Waals surface area contributed by atoms with Gasteiger partial charge in [0.2, 0.25) is 0 Å². The van der Waals surface area contributed by atoms with Crippen LogP contribution in [-0.2, 0) is 13.0 Å². The van der Waals surface area contributed by atoms with Crippen LogP contribution in [0.25, 0.3) is 0 Å². The van der Waals surface area contributed by atoms with E-state index >= 15 is 0 Å². The van der Waals surface area contributed by atoms with Gasteiger partial charge in [-0.25, -0.2) is 4.98 Å². The van der Waals surface area contributed by atoms with Crippen LogP contribution in [0.1, 0.15) is 22.2 Å². The van der Waals surface area contributed by atoms with E-state index in [2.05, 4.69) is 39.3 Å². The number of thiophene rings is 1. The largest absolute Gasteiger partial charge is 0.497 e. The average Bonchev–Trinajstić information content (AvgIpc) is 3.25. The van der Waals surface area contributed by atoms with E-state index < -0.39 is 0 Å². The molecule has 3 nitrogen and oxygen atoms in total. The number of nitrogens with zero attached hydrogens (tertiary/aromatic N) is 1. The summed E-state index contributed by atoms with van der Waals surface area (Å²) in [5.74, 6) is 0.892. The first kappa shape index (κ1) is 15.2. The average molecular weight is 330 g/mol. The van der Waals surface area contributed by atoms with Crippen molar-refractivity contribution in [1.82, 2.24) is 10.3 Å². The van der Waals surface area contributed by atoms with Gasteiger partial charge in [0.25, 0.3) is 0 Å². The molecule has 1 atom stereocenters. The molecule has 0 bridgehead atoms. The normalized spacial score (nSPS) is 12.2. The van der Waals surface area contributed by atoms with E-state index in [4.69, 9.17) is 4.74 Å². The molecule has 0 aliphatic carbocycles. The number of hydrogen-bond donors (Lipinski definition) is 1. The number of aromatic nitrogens is 1. The molecule has 0 fully saturated rings. The number of benzene rings is 1. The van der Waals surface area contributed by atoms with E-state index in [9.17, 15) is 0 Å².